The monoisotopic (exact) mass is 591 g/mol. The number of pyridine rings is 1. The Morgan fingerprint density at radius 1 is 1.12 bits per heavy atom. The van der Waals surface area contributed by atoms with Gasteiger partial charge < -0.3 is 14.6 Å². The van der Waals surface area contributed by atoms with Crippen molar-refractivity contribution in [1.29, 1.82) is 0 Å². The zero-order valence-electron chi connectivity index (χ0n) is 23.2. The molecule has 3 N–H and O–H groups in total. The number of carboxylic acids is 1. The Hall–Kier alpha value is -3.55. The highest BCUT2D eigenvalue weighted by molar-refractivity contribution is 8.25. The number of ether oxygens (including phenoxy) is 2. The SMILES string of the molecule is CC#CC(CC(=O)O)c1ccc(OCc2ccc3scc(-c4ccc(OCC5(C)CS(O)(O)C5)cc4C)c3c2)nc1. The highest BCUT2D eigenvalue weighted by atomic mass is 32.3. The summed E-state index contributed by atoms with van der Waals surface area (Å²) in [5, 5.41) is 12.5. The third kappa shape index (κ3) is 6.85. The zero-order chi connectivity index (χ0) is 29.2. The van der Waals surface area contributed by atoms with Crippen LogP contribution in [0.3, 0.4) is 0 Å². The van der Waals surface area contributed by atoms with Crippen LogP contribution in [0.2, 0.25) is 0 Å². The van der Waals surface area contributed by atoms with Crippen molar-refractivity contribution in [2.75, 3.05) is 18.1 Å². The van der Waals surface area contributed by atoms with E-state index in [-0.39, 0.29) is 11.8 Å². The largest absolute Gasteiger partial charge is 0.493 e. The van der Waals surface area contributed by atoms with Crippen molar-refractivity contribution in [3.63, 3.8) is 0 Å². The van der Waals surface area contributed by atoms with Crippen molar-refractivity contribution in [3.8, 4) is 34.6 Å². The van der Waals surface area contributed by atoms with Gasteiger partial charge in [0.05, 0.1) is 18.9 Å². The van der Waals surface area contributed by atoms with E-state index in [4.69, 9.17) is 14.6 Å². The van der Waals surface area contributed by atoms with E-state index in [0.29, 0.717) is 30.6 Å². The van der Waals surface area contributed by atoms with Gasteiger partial charge >= 0.3 is 5.97 Å². The predicted molar refractivity (Wildman–Crippen MR) is 165 cm³/mol. The van der Waals surface area contributed by atoms with Crippen LogP contribution in [-0.4, -0.2) is 43.3 Å². The Bertz CT molecular complexity index is 1630. The molecule has 0 spiro atoms. The lowest BCUT2D eigenvalue weighted by Gasteiger charge is -2.53. The number of aliphatic carboxylic acids is 1. The number of fused-ring (bicyclic) bond motifs is 1. The van der Waals surface area contributed by atoms with E-state index in [1.807, 2.05) is 25.1 Å². The highest BCUT2D eigenvalue weighted by Crippen LogP contribution is 2.58. The van der Waals surface area contributed by atoms with Crippen molar-refractivity contribution in [2.45, 2.75) is 39.7 Å². The molecule has 5 rings (SSSR count). The summed E-state index contributed by atoms with van der Waals surface area (Å²) in [6, 6.07) is 16.0. The number of aromatic nitrogens is 1. The Kier molecular flexibility index (Phi) is 8.30. The molecule has 1 atom stereocenters. The number of thiophene rings is 1. The van der Waals surface area contributed by atoms with Gasteiger partial charge in [-0.1, -0.05) is 31.0 Å². The van der Waals surface area contributed by atoms with Gasteiger partial charge in [0.25, 0.3) is 0 Å². The van der Waals surface area contributed by atoms with Crippen molar-refractivity contribution in [2.24, 2.45) is 5.41 Å². The second kappa shape index (κ2) is 11.7. The van der Waals surface area contributed by atoms with Gasteiger partial charge in [0.1, 0.15) is 12.4 Å². The van der Waals surface area contributed by atoms with Gasteiger partial charge in [-0.25, -0.2) is 4.98 Å². The molecule has 0 radical (unpaired) electrons. The molecule has 0 bridgehead atoms. The molecule has 41 heavy (non-hydrogen) atoms. The molecule has 0 saturated carbocycles. The maximum Gasteiger partial charge on any atom is 0.304 e. The van der Waals surface area contributed by atoms with Crippen molar-refractivity contribution >= 4 is 38.0 Å². The fourth-order valence-corrected chi connectivity index (χ4v) is 8.51. The lowest BCUT2D eigenvalue weighted by atomic mass is 9.96. The Morgan fingerprint density at radius 3 is 2.59 bits per heavy atom. The van der Waals surface area contributed by atoms with E-state index in [0.717, 1.165) is 39.0 Å². The first-order valence-corrected chi connectivity index (χ1v) is 16.0. The van der Waals surface area contributed by atoms with Crippen LogP contribution in [0.15, 0.2) is 60.1 Å². The standard InChI is InChI=1S/C32H33NO6S2/c1-4-5-23(14-31(34)35)24-7-11-30(33-15-24)38-16-22-6-10-29-27(13-22)28(17-40-29)26-9-8-25(12-21(26)2)39-18-32(3)19-41(36,37)20-32/h6-13,15,17,23,36-37H,14,16,18-20H2,1-3H3,(H,34,35). The molecule has 3 heterocycles. The molecule has 7 nitrogen and oxygen atoms in total. The summed E-state index contributed by atoms with van der Waals surface area (Å²) in [5.74, 6) is 6.45. The van der Waals surface area contributed by atoms with E-state index in [2.05, 4.69) is 53.4 Å². The van der Waals surface area contributed by atoms with E-state index < -0.39 is 22.5 Å². The van der Waals surface area contributed by atoms with Crippen LogP contribution in [-0.2, 0) is 11.4 Å². The van der Waals surface area contributed by atoms with Crippen molar-refractivity contribution < 1.29 is 28.5 Å². The maximum absolute atomic E-state index is 11.2. The summed E-state index contributed by atoms with van der Waals surface area (Å²) >= 11 is 1.70. The van der Waals surface area contributed by atoms with E-state index in [1.165, 1.54) is 4.70 Å². The summed E-state index contributed by atoms with van der Waals surface area (Å²) in [5.41, 5.74) is 4.96. The number of hydrogen-bond acceptors (Lipinski definition) is 7. The van der Waals surface area contributed by atoms with Crippen LogP contribution >= 0.6 is 21.9 Å². The van der Waals surface area contributed by atoms with Crippen LogP contribution in [0.25, 0.3) is 21.2 Å². The topological polar surface area (TPSA) is 109 Å². The van der Waals surface area contributed by atoms with Crippen LogP contribution in [0.1, 0.15) is 42.9 Å². The summed E-state index contributed by atoms with van der Waals surface area (Å²) in [4.78, 5) is 15.5. The molecule has 1 aliphatic heterocycles. The molecule has 1 saturated heterocycles. The minimum absolute atomic E-state index is 0.0725. The van der Waals surface area contributed by atoms with Crippen molar-refractivity contribution in [1.82, 2.24) is 4.98 Å². The third-order valence-electron chi connectivity index (χ3n) is 7.12. The zero-order valence-corrected chi connectivity index (χ0v) is 24.8. The lowest BCUT2D eigenvalue weighted by Crippen LogP contribution is -2.47. The average Bonchev–Trinajstić information content (AvgIpc) is 3.32. The van der Waals surface area contributed by atoms with Gasteiger partial charge in [-0.3, -0.25) is 13.9 Å². The number of carboxylic acid groups (broad SMARTS) is 1. The molecule has 0 aliphatic carbocycles. The lowest BCUT2D eigenvalue weighted by molar-refractivity contribution is -0.137. The van der Waals surface area contributed by atoms with Crippen LogP contribution in [0.4, 0.5) is 0 Å². The second-order valence-corrected chi connectivity index (χ2v) is 14.0. The first-order chi connectivity index (χ1) is 19.5. The molecule has 2 aromatic heterocycles. The smallest absolute Gasteiger partial charge is 0.304 e. The molecule has 9 heteroatoms. The number of nitrogens with zero attached hydrogens (tertiary/aromatic N) is 1. The molecule has 4 aromatic rings. The van der Waals surface area contributed by atoms with E-state index >= 15 is 0 Å². The number of carbonyl (C=O) groups is 1. The molecule has 1 unspecified atom stereocenters. The second-order valence-electron chi connectivity index (χ2n) is 10.9. The van der Waals surface area contributed by atoms with Crippen LogP contribution in [0.5, 0.6) is 11.6 Å². The summed E-state index contributed by atoms with van der Waals surface area (Å²) < 4.78 is 32.7. The molecular weight excluding hydrogens is 558 g/mol. The van der Waals surface area contributed by atoms with E-state index in [1.54, 1.807) is 30.5 Å². The van der Waals surface area contributed by atoms with Gasteiger partial charge in [-0.2, -0.15) is 10.6 Å². The fourth-order valence-electron chi connectivity index (χ4n) is 5.26. The summed E-state index contributed by atoms with van der Waals surface area (Å²) in [6.45, 7) is 6.59. The number of benzene rings is 2. The Labute approximate surface area is 245 Å². The first kappa shape index (κ1) is 29.0. The minimum atomic E-state index is -2.41. The molecule has 214 valence electrons. The Balaban J connectivity index is 1.26. The quantitative estimate of drug-likeness (QED) is 0.163. The van der Waals surface area contributed by atoms with Crippen LogP contribution in [0, 0.1) is 24.2 Å². The molecule has 2 aromatic carbocycles. The van der Waals surface area contributed by atoms with Gasteiger partial charge in [0, 0.05) is 44.8 Å². The van der Waals surface area contributed by atoms with Crippen molar-refractivity contribution in [3.05, 3.63) is 76.8 Å². The summed E-state index contributed by atoms with van der Waals surface area (Å²) in [7, 11) is -2.41. The van der Waals surface area contributed by atoms with Crippen LogP contribution < -0.4 is 9.47 Å². The number of aryl methyl sites for hydroxylation is 1. The molecular formula is C32H33NO6S2. The van der Waals surface area contributed by atoms with E-state index in [9.17, 15) is 13.9 Å². The maximum atomic E-state index is 11.2. The summed E-state index contributed by atoms with van der Waals surface area (Å²) in [6.07, 6.45) is 1.56. The molecule has 1 fully saturated rings. The minimum Gasteiger partial charge on any atom is -0.493 e. The molecule has 0 amide bonds. The predicted octanol–water partition coefficient (Wildman–Crippen LogP) is 7.58. The average molecular weight is 592 g/mol. The Morgan fingerprint density at radius 2 is 1.93 bits per heavy atom. The number of hydrogen-bond donors (Lipinski definition) is 3. The van der Waals surface area contributed by atoms with Gasteiger partial charge in [0.15, 0.2) is 0 Å². The third-order valence-corrected chi connectivity index (χ3v) is 10.4. The normalized spacial score (nSPS) is 16.6. The van der Waals surface area contributed by atoms with Gasteiger partial charge in [-0.15, -0.1) is 17.3 Å². The van der Waals surface area contributed by atoms with Gasteiger partial charge in [0.2, 0.25) is 5.88 Å². The first-order valence-electron chi connectivity index (χ1n) is 13.2. The highest BCUT2D eigenvalue weighted by Gasteiger charge is 2.45. The van der Waals surface area contributed by atoms with Gasteiger partial charge in [-0.05, 0) is 65.7 Å². The molecule has 1 aliphatic rings. The number of rotatable bonds is 10. The fraction of sp³-hybridized carbons (Fsp3) is 0.312.